The summed E-state index contributed by atoms with van der Waals surface area (Å²) >= 11 is 0. The van der Waals surface area contributed by atoms with Crippen molar-refractivity contribution in [2.45, 2.75) is 0 Å². The molecule has 0 fully saturated rings. The van der Waals surface area contributed by atoms with Gasteiger partial charge in [-0.05, 0) is 52.0 Å². The van der Waals surface area contributed by atoms with Gasteiger partial charge in [0.1, 0.15) is 11.3 Å². The summed E-state index contributed by atoms with van der Waals surface area (Å²) in [5.74, 6) is 0.820. The van der Waals surface area contributed by atoms with Gasteiger partial charge in [0.2, 0.25) is 13.8 Å². The average molecular weight is 594 g/mol. The van der Waals surface area contributed by atoms with Crippen molar-refractivity contribution in [1.29, 1.82) is 0 Å². The van der Waals surface area contributed by atoms with Crippen molar-refractivity contribution < 1.29 is 4.42 Å². The normalized spacial score (nSPS) is 12.0. The molecule has 0 unspecified atom stereocenters. The molecule has 4 nitrogen and oxygen atoms in total. The van der Waals surface area contributed by atoms with Crippen LogP contribution in [-0.4, -0.2) is 22.6 Å². The van der Waals surface area contributed by atoms with Crippen LogP contribution in [0.5, 0.6) is 0 Å². The van der Waals surface area contributed by atoms with E-state index in [1.165, 1.54) is 26.3 Å². The third kappa shape index (κ3) is 3.84. The lowest BCUT2D eigenvalue weighted by Gasteiger charge is -2.33. The summed E-state index contributed by atoms with van der Waals surface area (Å²) < 4.78 is 8.65. The van der Waals surface area contributed by atoms with E-state index in [1.54, 1.807) is 0 Å². The smallest absolute Gasteiger partial charge is 0.230 e. The van der Waals surface area contributed by atoms with Crippen molar-refractivity contribution in [1.82, 2.24) is 14.5 Å². The Balaban J connectivity index is 1.29. The molecule has 9 aromatic rings. The summed E-state index contributed by atoms with van der Waals surface area (Å²) in [6.45, 7) is 0. The molecule has 0 aliphatic rings. The summed E-state index contributed by atoms with van der Waals surface area (Å²) in [5.41, 5.74) is 4.39. The quantitative estimate of drug-likeness (QED) is 0.162. The van der Waals surface area contributed by atoms with Crippen LogP contribution in [-0.2, 0) is 0 Å². The van der Waals surface area contributed by atoms with E-state index < -0.39 is 8.07 Å². The van der Waals surface area contributed by atoms with Gasteiger partial charge < -0.3 is 4.42 Å². The zero-order chi connectivity index (χ0) is 29.8. The molecule has 0 saturated heterocycles. The van der Waals surface area contributed by atoms with E-state index in [1.807, 2.05) is 0 Å². The molecular formula is C40H27N3OSi. The number of fused-ring (bicyclic) bond motifs is 6. The van der Waals surface area contributed by atoms with Crippen LogP contribution in [0.3, 0.4) is 0 Å². The maximum absolute atomic E-state index is 6.43. The topological polar surface area (TPSA) is 43.9 Å². The predicted octanol–water partition coefficient (Wildman–Crippen LogP) is 6.85. The number of furan rings is 1. The summed E-state index contributed by atoms with van der Waals surface area (Å²) in [7, 11) is -2.77. The van der Waals surface area contributed by atoms with Crippen LogP contribution in [0, 0.1) is 0 Å². The van der Waals surface area contributed by atoms with Crippen LogP contribution < -0.4 is 20.9 Å². The lowest BCUT2D eigenvalue weighted by Crippen LogP contribution is -2.75. The Morgan fingerprint density at radius 3 is 1.51 bits per heavy atom. The van der Waals surface area contributed by atoms with Crippen molar-refractivity contribution >= 4 is 73.0 Å². The van der Waals surface area contributed by atoms with E-state index in [2.05, 4.69) is 168 Å². The molecule has 0 atom stereocenters. The summed E-state index contributed by atoms with van der Waals surface area (Å²) in [6, 6.07) is 58.0. The number of rotatable bonds is 5. The first-order chi connectivity index (χ1) is 22.3. The fourth-order valence-corrected chi connectivity index (χ4v) is 11.6. The Bertz CT molecular complexity index is 2340. The van der Waals surface area contributed by atoms with Crippen molar-refractivity contribution in [2.75, 3.05) is 0 Å². The number of aromatic nitrogens is 3. The standard InChI is InChI=1S/C40H27N3OSi/c1-4-14-28(15-5-1)45(29-16-6-2-7-17-29,30-18-8-3-9-19-30)38-27-25-36-39(42-38)33-24-26-37(41-40(33)44-36)43-34-22-12-10-20-31(34)32-21-11-13-23-35(32)43/h1-27H. The Labute approximate surface area is 260 Å². The minimum atomic E-state index is -2.77. The minimum absolute atomic E-state index is 0.584. The number of benzene rings is 5. The highest BCUT2D eigenvalue weighted by Crippen LogP contribution is 2.33. The second-order valence-electron chi connectivity index (χ2n) is 11.4. The summed E-state index contributed by atoms with van der Waals surface area (Å²) in [6.07, 6.45) is 0. The van der Waals surface area contributed by atoms with Crippen LogP contribution in [0.1, 0.15) is 0 Å². The molecular weight excluding hydrogens is 567 g/mol. The monoisotopic (exact) mass is 593 g/mol. The summed E-state index contributed by atoms with van der Waals surface area (Å²) in [4.78, 5) is 10.6. The molecule has 0 bridgehead atoms. The number of hydrogen-bond donors (Lipinski definition) is 0. The molecule has 0 N–H and O–H groups in total. The molecule has 4 aromatic heterocycles. The molecule has 45 heavy (non-hydrogen) atoms. The largest absolute Gasteiger partial charge is 0.436 e. The highest BCUT2D eigenvalue weighted by molar-refractivity contribution is 7.19. The minimum Gasteiger partial charge on any atom is -0.436 e. The van der Waals surface area contributed by atoms with Gasteiger partial charge in [-0.25, -0.2) is 0 Å². The molecule has 0 spiro atoms. The van der Waals surface area contributed by atoms with Crippen molar-refractivity contribution in [3.05, 3.63) is 164 Å². The molecule has 0 saturated carbocycles. The summed E-state index contributed by atoms with van der Waals surface area (Å²) in [5, 5.41) is 8.24. The second kappa shape index (κ2) is 10.1. The Hall–Kier alpha value is -5.78. The van der Waals surface area contributed by atoms with E-state index in [9.17, 15) is 0 Å². The third-order valence-electron chi connectivity index (χ3n) is 8.98. The van der Waals surface area contributed by atoms with Gasteiger partial charge >= 0.3 is 0 Å². The molecule has 0 radical (unpaired) electrons. The van der Waals surface area contributed by atoms with E-state index in [4.69, 9.17) is 14.4 Å². The van der Waals surface area contributed by atoms with E-state index >= 15 is 0 Å². The van der Waals surface area contributed by atoms with Gasteiger partial charge in [0.25, 0.3) is 0 Å². The van der Waals surface area contributed by atoms with Crippen molar-refractivity contribution in [2.24, 2.45) is 0 Å². The molecule has 4 heterocycles. The fraction of sp³-hybridized carbons (Fsp3) is 0. The van der Waals surface area contributed by atoms with E-state index in [0.29, 0.717) is 5.71 Å². The number of pyridine rings is 2. The van der Waals surface area contributed by atoms with Crippen LogP contribution in [0.25, 0.3) is 49.8 Å². The van der Waals surface area contributed by atoms with E-state index in [0.717, 1.165) is 38.7 Å². The maximum Gasteiger partial charge on any atom is 0.230 e. The molecule has 9 rings (SSSR count). The number of para-hydroxylation sites is 2. The fourth-order valence-electron chi connectivity index (χ4n) is 7.03. The molecule has 0 aliphatic carbocycles. The van der Waals surface area contributed by atoms with Gasteiger partial charge in [-0.2, -0.15) is 4.98 Å². The molecule has 5 heteroatoms. The van der Waals surface area contributed by atoms with Gasteiger partial charge in [-0.15, -0.1) is 0 Å². The second-order valence-corrected chi connectivity index (χ2v) is 15.1. The highest BCUT2D eigenvalue weighted by atomic mass is 28.3. The molecule has 0 amide bonds. The van der Waals surface area contributed by atoms with E-state index in [-0.39, 0.29) is 0 Å². The Morgan fingerprint density at radius 1 is 0.444 bits per heavy atom. The van der Waals surface area contributed by atoms with Crippen molar-refractivity contribution in [3.8, 4) is 5.82 Å². The zero-order valence-electron chi connectivity index (χ0n) is 24.3. The third-order valence-corrected chi connectivity index (χ3v) is 13.6. The first-order valence-electron chi connectivity index (χ1n) is 15.2. The van der Waals surface area contributed by atoms with Gasteiger partial charge in [-0.3, -0.25) is 9.55 Å². The Kier molecular flexibility index (Phi) is 5.79. The van der Waals surface area contributed by atoms with Gasteiger partial charge in [0.05, 0.1) is 16.4 Å². The Morgan fingerprint density at radius 2 is 0.956 bits per heavy atom. The van der Waals surface area contributed by atoms with Crippen LogP contribution >= 0.6 is 0 Å². The first-order valence-corrected chi connectivity index (χ1v) is 17.2. The van der Waals surface area contributed by atoms with Crippen molar-refractivity contribution in [3.63, 3.8) is 0 Å². The molecule has 212 valence electrons. The SMILES string of the molecule is c1ccc([Si](c2ccccc2)(c2ccccc2)c2ccc3oc4nc(-n5c6ccccc6c6ccccc65)ccc4c3n2)cc1. The highest BCUT2D eigenvalue weighted by Gasteiger charge is 2.43. The molecule has 5 aromatic carbocycles. The number of nitrogens with zero attached hydrogens (tertiary/aromatic N) is 3. The van der Waals surface area contributed by atoms with Gasteiger partial charge in [-0.1, -0.05) is 127 Å². The van der Waals surface area contributed by atoms with Gasteiger partial charge in [0, 0.05) is 16.1 Å². The van der Waals surface area contributed by atoms with Crippen LogP contribution in [0.15, 0.2) is 168 Å². The maximum atomic E-state index is 6.43. The zero-order valence-corrected chi connectivity index (χ0v) is 25.3. The first kappa shape index (κ1) is 25.7. The lowest BCUT2D eigenvalue weighted by atomic mass is 10.2. The number of hydrogen-bond acceptors (Lipinski definition) is 3. The molecule has 0 aliphatic heterocycles. The van der Waals surface area contributed by atoms with Crippen LogP contribution in [0.4, 0.5) is 0 Å². The predicted molar refractivity (Wildman–Crippen MR) is 187 cm³/mol. The lowest BCUT2D eigenvalue weighted by molar-refractivity contribution is 0.652. The van der Waals surface area contributed by atoms with Crippen LogP contribution in [0.2, 0.25) is 0 Å². The van der Waals surface area contributed by atoms with Gasteiger partial charge in [0.15, 0.2) is 5.58 Å². The average Bonchev–Trinajstić information content (AvgIpc) is 3.65.